The molecule has 6 heteroatoms. The number of unbranched alkanes of at least 4 members (excludes halogenated alkanes) is 2. The third-order valence-electron chi connectivity index (χ3n) is 4.69. The van der Waals surface area contributed by atoms with Crippen molar-refractivity contribution in [1.29, 1.82) is 0 Å². The van der Waals surface area contributed by atoms with Crippen molar-refractivity contribution >= 4 is 38.3 Å². The van der Waals surface area contributed by atoms with Crippen LogP contribution in [-0.2, 0) is 17.8 Å². The minimum Gasteiger partial charge on any atom is -0.382 e. The topological polar surface area (TPSA) is 73.1 Å². The van der Waals surface area contributed by atoms with Gasteiger partial charge in [0.05, 0.1) is 16.8 Å². The Balaban J connectivity index is 1.67. The molecule has 1 aromatic carbocycles. The first-order valence-corrected chi connectivity index (χ1v) is 11.0. The third kappa shape index (κ3) is 5.40. The van der Waals surface area contributed by atoms with Crippen molar-refractivity contribution in [2.75, 3.05) is 18.9 Å². The fourth-order valence-corrected chi connectivity index (χ4v) is 4.31. The zero-order chi connectivity index (χ0) is 20.1. The number of thiazole rings is 1. The second-order valence-electron chi connectivity index (χ2n) is 8.26. The van der Waals surface area contributed by atoms with Crippen molar-refractivity contribution in [3.05, 3.63) is 28.8 Å². The molecule has 0 fully saturated rings. The molecule has 0 saturated heterocycles. The summed E-state index contributed by atoms with van der Waals surface area (Å²) < 4.78 is 6.60. The monoisotopic (exact) mass is 400 g/mol. The Morgan fingerprint density at radius 3 is 2.71 bits per heavy atom. The van der Waals surface area contributed by atoms with Crippen LogP contribution in [0.3, 0.4) is 0 Å². The predicted octanol–water partition coefficient (Wildman–Crippen LogP) is 5.06. The van der Waals surface area contributed by atoms with Crippen molar-refractivity contribution in [3.8, 4) is 0 Å². The van der Waals surface area contributed by atoms with Crippen LogP contribution in [0.25, 0.3) is 21.1 Å². The van der Waals surface area contributed by atoms with Crippen molar-refractivity contribution in [3.63, 3.8) is 0 Å². The Labute approximate surface area is 171 Å². The van der Waals surface area contributed by atoms with Gasteiger partial charge in [-0.3, -0.25) is 0 Å². The lowest BCUT2D eigenvalue weighted by molar-refractivity contribution is 0.134. The number of rotatable bonds is 9. The van der Waals surface area contributed by atoms with Crippen LogP contribution in [0.2, 0.25) is 0 Å². The molecule has 0 aliphatic rings. The Hall–Kier alpha value is -1.76. The Morgan fingerprint density at radius 1 is 1.14 bits per heavy atom. The number of anilines is 1. The first kappa shape index (κ1) is 21.0. The lowest BCUT2D eigenvalue weighted by Crippen LogP contribution is -2.36. The molecule has 0 aliphatic carbocycles. The normalized spacial score (nSPS) is 12.3. The van der Waals surface area contributed by atoms with E-state index in [0.29, 0.717) is 19.0 Å². The van der Waals surface area contributed by atoms with Crippen LogP contribution >= 0.6 is 11.3 Å². The first-order valence-electron chi connectivity index (χ1n) is 10.2. The van der Waals surface area contributed by atoms with Crippen LogP contribution in [-0.4, -0.2) is 28.7 Å². The SMILES string of the molecule is CCOCc1nc2c(N)nc3cc(CCCCCNC(C)(C)C)ccc3c2s1. The number of hydrogen-bond acceptors (Lipinski definition) is 6. The highest BCUT2D eigenvalue weighted by atomic mass is 32.1. The summed E-state index contributed by atoms with van der Waals surface area (Å²) in [6.07, 6.45) is 4.70. The van der Waals surface area contributed by atoms with Gasteiger partial charge in [0.15, 0.2) is 5.82 Å². The highest BCUT2D eigenvalue weighted by Gasteiger charge is 2.13. The summed E-state index contributed by atoms with van der Waals surface area (Å²) in [6, 6.07) is 6.57. The van der Waals surface area contributed by atoms with E-state index in [1.54, 1.807) is 11.3 Å². The van der Waals surface area contributed by atoms with E-state index in [4.69, 9.17) is 10.5 Å². The van der Waals surface area contributed by atoms with Gasteiger partial charge in [0.1, 0.15) is 10.5 Å². The van der Waals surface area contributed by atoms with E-state index < -0.39 is 0 Å². The van der Waals surface area contributed by atoms with Crippen LogP contribution in [0.4, 0.5) is 5.82 Å². The van der Waals surface area contributed by atoms with Gasteiger partial charge in [-0.1, -0.05) is 18.6 Å². The lowest BCUT2D eigenvalue weighted by atomic mass is 10.0. The van der Waals surface area contributed by atoms with E-state index in [0.717, 1.165) is 39.1 Å². The summed E-state index contributed by atoms with van der Waals surface area (Å²) in [5, 5.41) is 5.62. The highest BCUT2D eigenvalue weighted by Crippen LogP contribution is 2.33. The molecule has 0 amide bonds. The van der Waals surface area contributed by atoms with E-state index in [1.807, 2.05) is 6.92 Å². The third-order valence-corrected chi connectivity index (χ3v) is 5.75. The largest absolute Gasteiger partial charge is 0.382 e. The number of pyridine rings is 1. The molecule has 2 aromatic heterocycles. The number of fused-ring (bicyclic) bond motifs is 3. The quantitative estimate of drug-likeness (QED) is 0.491. The number of nitrogens with zero attached hydrogens (tertiary/aromatic N) is 2. The number of benzene rings is 1. The zero-order valence-electron chi connectivity index (χ0n) is 17.5. The average molecular weight is 401 g/mol. The molecular weight excluding hydrogens is 368 g/mol. The molecule has 0 saturated carbocycles. The van der Waals surface area contributed by atoms with Gasteiger partial charge in [-0.15, -0.1) is 11.3 Å². The molecule has 5 nitrogen and oxygen atoms in total. The zero-order valence-corrected chi connectivity index (χ0v) is 18.3. The molecular formula is C22H32N4OS. The minimum atomic E-state index is 0.203. The molecule has 0 atom stereocenters. The standard InChI is InChI=1S/C22H32N4OS/c1-5-27-14-18-26-19-20(28-18)16-11-10-15(13-17(16)25-21(19)23)9-7-6-8-12-24-22(2,3)4/h10-11,13,24H,5-9,12,14H2,1-4H3,(H2,23,25). The molecule has 3 aromatic rings. The summed E-state index contributed by atoms with van der Waals surface area (Å²) >= 11 is 1.65. The van der Waals surface area contributed by atoms with Crippen molar-refractivity contribution in [1.82, 2.24) is 15.3 Å². The molecule has 2 heterocycles. The minimum absolute atomic E-state index is 0.203. The number of nitrogen functional groups attached to an aromatic ring is 1. The fourth-order valence-electron chi connectivity index (χ4n) is 3.27. The van der Waals surface area contributed by atoms with Gasteiger partial charge in [0, 0.05) is 17.5 Å². The first-order chi connectivity index (χ1) is 13.4. The van der Waals surface area contributed by atoms with Crippen LogP contribution in [0.1, 0.15) is 57.5 Å². The maximum atomic E-state index is 6.19. The van der Waals surface area contributed by atoms with Gasteiger partial charge in [-0.2, -0.15) is 0 Å². The van der Waals surface area contributed by atoms with E-state index in [2.05, 4.69) is 54.3 Å². The van der Waals surface area contributed by atoms with E-state index in [1.165, 1.54) is 24.8 Å². The number of ether oxygens (including phenoxy) is 1. The van der Waals surface area contributed by atoms with Gasteiger partial charge in [0.2, 0.25) is 0 Å². The van der Waals surface area contributed by atoms with Crippen molar-refractivity contribution in [2.24, 2.45) is 0 Å². The summed E-state index contributed by atoms with van der Waals surface area (Å²) in [4.78, 5) is 9.23. The van der Waals surface area contributed by atoms with Gasteiger partial charge in [-0.25, -0.2) is 9.97 Å². The summed E-state index contributed by atoms with van der Waals surface area (Å²) in [5.41, 5.74) is 9.47. The van der Waals surface area contributed by atoms with Crippen LogP contribution in [0, 0.1) is 0 Å². The number of aromatic nitrogens is 2. The maximum Gasteiger partial charge on any atom is 0.151 e. The predicted molar refractivity (Wildman–Crippen MR) is 120 cm³/mol. The molecule has 0 spiro atoms. The molecule has 28 heavy (non-hydrogen) atoms. The number of nitrogens with one attached hydrogen (secondary N) is 1. The van der Waals surface area contributed by atoms with Gasteiger partial charge in [0.25, 0.3) is 0 Å². The summed E-state index contributed by atoms with van der Waals surface area (Å²) in [7, 11) is 0. The number of nitrogens with two attached hydrogens (primary N) is 1. The Bertz CT molecular complexity index is 930. The number of hydrogen-bond donors (Lipinski definition) is 2. The smallest absolute Gasteiger partial charge is 0.151 e. The second kappa shape index (κ2) is 9.16. The number of aryl methyl sites for hydroxylation is 1. The van der Waals surface area contributed by atoms with Gasteiger partial charge >= 0.3 is 0 Å². The lowest BCUT2D eigenvalue weighted by Gasteiger charge is -2.20. The van der Waals surface area contributed by atoms with Gasteiger partial charge in [-0.05, 0) is 65.1 Å². The summed E-state index contributed by atoms with van der Waals surface area (Å²) in [5.74, 6) is 0.506. The fraction of sp³-hybridized carbons (Fsp3) is 0.545. The summed E-state index contributed by atoms with van der Waals surface area (Å²) in [6.45, 7) is 10.9. The van der Waals surface area contributed by atoms with Crippen LogP contribution in [0.15, 0.2) is 18.2 Å². The Morgan fingerprint density at radius 2 is 1.96 bits per heavy atom. The molecule has 0 unspecified atom stereocenters. The molecule has 0 radical (unpaired) electrons. The maximum absolute atomic E-state index is 6.19. The van der Waals surface area contributed by atoms with E-state index in [-0.39, 0.29) is 5.54 Å². The van der Waals surface area contributed by atoms with Crippen LogP contribution in [0.5, 0.6) is 0 Å². The molecule has 152 valence electrons. The molecule has 3 rings (SSSR count). The molecule has 0 bridgehead atoms. The van der Waals surface area contributed by atoms with Gasteiger partial charge < -0.3 is 15.8 Å². The molecule has 3 N–H and O–H groups in total. The van der Waals surface area contributed by atoms with Crippen LogP contribution < -0.4 is 11.1 Å². The average Bonchev–Trinajstić information content (AvgIpc) is 3.07. The molecule has 0 aliphatic heterocycles. The van der Waals surface area contributed by atoms with Crippen molar-refractivity contribution < 1.29 is 4.74 Å². The second-order valence-corrected chi connectivity index (χ2v) is 9.34. The van der Waals surface area contributed by atoms with Crippen molar-refractivity contribution in [2.45, 2.75) is 65.5 Å². The van der Waals surface area contributed by atoms with E-state index in [9.17, 15) is 0 Å². The highest BCUT2D eigenvalue weighted by molar-refractivity contribution is 7.19. The Kier molecular flexibility index (Phi) is 6.86. The van der Waals surface area contributed by atoms with E-state index >= 15 is 0 Å².